The lowest BCUT2D eigenvalue weighted by atomic mass is 10.2. The topological polar surface area (TPSA) is 60.1 Å². The van der Waals surface area contributed by atoms with Crippen LogP contribution in [0.25, 0.3) is 0 Å². The molecule has 1 amide bonds. The van der Waals surface area contributed by atoms with E-state index in [-0.39, 0.29) is 11.9 Å². The number of carbonyl (C=O) groups is 1. The smallest absolute Gasteiger partial charge is 0.251 e. The van der Waals surface area contributed by atoms with E-state index >= 15 is 0 Å². The fourth-order valence-corrected chi connectivity index (χ4v) is 3.07. The van der Waals surface area contributed by atoms with Crippen molar-refractivity contribution in [3.63, 3.8) is 0 Å². The van der Waals surface area contributed by atoms with E-state index in [0.717, 1.165) is 21.6 Å². The van der Waals surface area contributed by atoms with Crippen molar-refractivity contribution in [1.82, 2.24) is 15.1 Å². The molecule has 5 nitrogen and oxygen atoms in total. The summed E-state index contributed by atoms with van der Waals surface area (Å²) < 4.78 is 8.31. The van der Waals surface area contributed by atoms with E-state index in [2.05, 4.69) is 26.3 Å². The van der Waals surface area contributed by atoms with Gasteiger partial charge in [0.25, 0.3) is 5.91 Å². The number of rotatable bonds is 5. The molecule has 3 rings (SSSR count). The zero-order chi connectivity index (χ0) is 17.1. The van der Waals surface area contributed by atoms with Gasteiger partial charge in [0.05, 0.1) is 12.0 Å². The van der Waals surface area contributed by atoms with Crippen LogP contribution in [0.5, 0.6) is 0 Å². The SMILES string of the molecule is Cc1cc(C)n(C(CNC(=O)c2cccc(Br)c2)c2ccco2)n1. The van der Waals surface area contributed by atoms with Gasteiger partial charge in [0.2, 0.25) is 0 Å². The Morgan fingerprint density at radius 3 is 2.75 bits per heavy atom. The molecule has 2 aromatic heterocycles. The summed E-state index contributed by atoms with van der Waals surface area (Å²) in [5.41, 5.74) is 2.56. The van der Waals surface area contributed by atoms with Crippen LogP contribution in [-0.2, 0) is 0 Å². The number of aryl methyl sites for hydroxylation is 2. The lowest BCUT2D eigenvalue weighted by Gasteiger charge is -2.18. The highest BCUT2D eigenvalue weighted by Crippen LogP contribution is 2.20. The van der Waals surface area contributed by atoms with Gasteiger partial charge in [-0.25, -0.2) is 0 Å². The van der Waals surface area contributed by atoms with Gasteiger partial charge >= 0.3 is 0 Å². The summed E-state index contributed by atoms with van der Waals surface area (Å²) in [5, 5.41) is 7.50. The summed E-state index contributed by atoms with van der Waals surface area (Å²) >= 11 is 3.38. The highest BCUT2D eigenvalue weighted by Gasteiger charge is 2.21. The van der Waals surface area contributed by atoms with Crippen LogP contribution in [0.2, 0.25) is 0 Å². The number of hydrogen-bond acceptors (Lipinski definition) is 3. The number of benzene rings is 1. The summed E-state index contributed by atoms with van der Waals surface area (Å²) in [6, 6.07) is 12.8. The molecule has 0 saturated heterocycles. The number of aromatic nitrogens is 2. The lowest BCUT2D eigenvalue weighted by molar-refractivity contribution is 0.0948. The van der Waals surface area contributed by atoms with Gasteiger partial charge in [0.15, 0.2) is 0 Å². The number of furan rings is 1. The zero-order valence-electron chi connectivity index (χ0n) is 13.5. The van der Waals surface area contributed by atoms with Gasteiger partial charge in [0, 0.05) is 22.3 Å². The largest absolute Gasteiger partial charge is 0.467 e. The quantitative estimate of drug-likeness (QED) is 0.722. The average molecular weight is 388 g/mol. The van der Waals surface area contributed by atoms with Gasteiger partial charge in [0.1, 0.15) is 11.8 Å². The molecule has 0 aliphatic heterocycles. The fourth-order valence-electron chi connectivity index (χ4n) is 2.67. The molecule has 1 atom stereocenters. The Kier molecular flexibility index (Phi) is 4.85. The normalized spacial score (nSPS) is 12.1. The number of nitrogens with one attached hydrogen (secondary N) is 1. The Bertz CT molecular complexity index is 840. The van der Waals surface area contributed by atoms with Crippen molar-refractivity contribution >= 4 is 21.8 Å². The highest BCUT2D eigenvalue weighted by molar-refractivity contribution is 9.10. The number of hydrogen-bond donors (Lipinski definition) is 1. The molecule has 0 aliphatic carbocycles. The first-order chi connectivity index (χ1) is 11.5. The molecular formula is C18H18BrN3O2. The maximum atomic E-state index is 12.4. The Labute approximate surface area is 148 Å². The number of nitrogens with zero attached hydrogens (tertiary/aromatic N) is 2. The summed E-state index contributed by atoms with van der Waals surface area (Å²) in [6.45, 7) is 4.33. The Balaban J connectivity index is 1.80. The minimum Gasteiger partial charge on any atom is -0.467 e. The fraction of sp³-hybridized carbons (Fsp3) is 0.222. The lowest BCUT2D eigenvalue weighted by Crippen LogP contribution is -2.32. The van der Waals surface area contributed by atoms with E-state index in [1.54, 1.807) is 18.4 Å². The van der Waals surface area contributed by atoms with Crippen molar-refractivity contribution in [1.29, 1.82) is 0 Å². The minimum absolute atomic E-state index is 0.130. The molecule has 1 aromatic carbocycles. The Hall–Kier alpha value is -2.34. The van der Waals surface area contributed by atoms with Crippen LogP contribution in [0.15, 0.2) is 57.6 Å². The van der Waals surface area contributed by atoms with Gasteiger partial charge in [-0.3, -0.25) is 9.48 Å². The Morgan fingerprint density at radius 1 is 1.29 bits per heavy atom. The second-order valence-corrected chi connectivity index (χ2v) is 6.54. The molecule has 0 fully saturated rings. The first kappa shape index (κ1) is 16.5. The van der Waals surface area contributed by atoms with Crippen molar-refractivity contribution < 1.29 is 9.21 Å². The van der Waals surface area contributed by atoms with Crippen LogP contribution in [0, 0.1) is 13.8 Å². The Morgan fingerprint density at radius 2 is 2.12 bits per heavy atom. The minimum atomic E-state index is -0.190. The van der Waals surface area contributed by atoms with Gasteiger partial charge < -0.3 is 9.73 Å². The number of amides is 1. The van der Waals surface area contributed by atoms with E-state index in [4.69, 9.17) is 4.42 Å². The van der Waals surface area contributed by atoms with Gasteiger partial charge in [-0.15, -0.1) is 0 Å². The highest BCUT2D eigenvalue weighted by atomic mass is 79.9. The van der Waals surface area contributed by atoms with Crippen LogP contribution in [0.1, 0.15) is 33.5 Å². The molecule has 0 aliphatic rings. The van der Waals surface area contributed by atoms with E-state index in [1.165, 1.54) is 0 Å². The molecule has 0 saturated carbocycles. The zero-order valence-corrected chi connectivity index (χ0v) is 15.1. The maximum absolute atomic E-state index is 12.4. The third-order valence-electron chi connectivity index (χ3n) is 3.75. The number of carbonyl (C=O) groups excluding carboxylic acids is 1. The van der Waals surface area contributed by atoms with Crippen LogP contribution in [0.3, 0.4) is 0 Å². The van der Waals surface area contributed by atoms with E-state index < -0.39 is 0 Å². The molecule has 2 heterocycles. The summed E-state index contributed by atoms with van der Waals surface area (Å²) in [7, 11) is 0. The first-order valence-corrected chi connectivity index (χ1v) is 8.44. The number of halogens is 1. The third kappa shape index (κ3) is 3.59. The van der Waals surface area contributed by atoms with Crippen molar-refractivity contribution in [3.05, 3.63) is 75.9 Å². The van der Waals surface area contributed by atoms with Crippen LogP contribution < -0.4 is 5.32 Å². The molecule has 0 bridgehead atoms. The van der Waals surface area contributed by atoms with E-state index in [9.17, 15) is 4.79 Å². The van der Waals surface area contributed by atoms with Gasteiger partial charge in [-0.05, 0) is 50.2 Å². The van der Waals surface area contributed by atoms with Gasteiger partial charge in [-0.1, -0.05) is 22.0 Å². The molecule has 0 spiro atoms. The molecule has 1 N–H and O–H groups in total. The van der Waals surface area contributed by atoms with E-state index in [0.29, 0.717) is 12.1 Å². The molecule has 124 valence electrons. The third-order valence-corrected chi connectivity index (χ3v) is 4.25. The first-order valence-electron chi connectivity index (χ1n) is 7.64. The van der Waals surface area contributed by atoms with E-state index in [1.807, 2.05) is 48.9 Å². The monoisotopic (exact) mass is 387 g/mol. The van der Waals surface area contributed by atoms with Crippen LogP contribution in [0.4, 0.5) is 0 Å². The average Bonchev–Trinajstić information content (AvgIpc) is 3.18. The molecule has 24 heavy (non-hydrogen) atoms. The predicted octanol–water partition coefficient (Wildman–Crippen LogP) is 3.87. The van der Waals surface area contributed by atoms with Crippen molar-refractivity contribution in [2.75, 3.05) is 6.54 Å². The second kappa shape index (κ2) is 7.05. The second-order valence-electron chi connectivity index (χ2n) is 5.62. The molecule has 1 unspecified atom stereocenters. The maximum Gasteiger partial charge on any atom is 0.251 e. The van der Waals surface area contributed by atoms with Crippen molar-refractivity contribution in [2.24, 2.45) is 0 Å². The van der Waals surface area contributed by atoms with Crippen molar-refractivity contribution in [2.45, 2.75) is 19.9 Å². The standard InChI is InChI=1S/C18H18BrN3O2/c1-12-9-13(2)22(21-12)16(17-7-4-8-24-17)11-20-18(23)14-5-3-6-15(19)10-14/h3-10,16H,11H2,1-2H3,(H,20,23). The molecular weight excluding hydrogens is 370 g/mol. The van der Waals surface area contributed by atoms with Crippen LogP contribution in [-0.4, -0.2) is 22.2 Å². The summed E-state index contributed by atoms with van der Waals surface area (Å²) in [5.74, 6) is 0.630. The predicted molar refractivity (Wildman–Crippen MR) is 95.0 cm³/mol. The molecule has 6 heteroatoms. The molecule has 3 aromatic rings. The molecule has 0 radical (unpaired) electrons. The van der Waals surface area contributed by atoms with Gasteiger partial charge in [-0.2, -0.15) is 5.10 Å². The summed E-state index contributed by atoms with van der Waals surface area (Å²) in [4.78, 5) is 12.4. The van der Waals surface area contributed by atoms with Crippen LogP contribution >= 0.6 is 15.9 Å². The van der Waals surface area contributed by atoms with Crippen molar-refractivity contribution in [3.8, 4) is 0 Å². The summed E-state index contributed by atoms with van der Waals surface area (Å²) in [6.07, 6.45) is 1.63.